The third kappa shape index (κ3) is 5.03. The quantitative estimate of drug-likeness (QED) is 0.610. The summed E-state index contributed by atoms with van der Waals surface area (Å²) >= 11 is 0. The summed E-state index contributed by atoms with van der Waals surface area (Å²) in [6.07, 6.45) is 4.52. The second kappa shape index (κ2) is 9.75. The first-order valence-corrected chi connectivity index (χ1v) is 10.9. The molecule has 2 aromatic carbocycles. The number of aromatic nitrogens is 1. The maximum atomic E-state index is 12.6. The number of hydrogen-bond acceptors (Lipinski definition) is 4. The van der Waals surface area contributed by atoms with E-state index in [1.807, 2.05) is 50.4 Å². The Kier molecular flexibility index (Phi) is 6.61. The van der Waals surface area contributed by atoms with Gasteiger partial charge in [-0.15, -0.1) is 0 Å². The van der Waals surface area contributed by atoms with E-state index in [0.717, 1.165) is 36.2 Å². The lowest BCUT2D eigenvalue weighted by atomic mass is 9.97. The Morgan fingerprint density at radius 1 is 1.03 bits per heavy atom. The van der Waals surface area contributed by atoms with Gasteiger partial charge < -0.3 is 10.6 Å². The monoisotopic (exact) mass is 428 g/mol. The molecule has 0 fully saturated rings. The summed E-state index contributed by atoms with van der Waals surface area (Å²) in [7, 11) is 0. The molecule has 0 radical (unpaired) electrons. The topological polar surface area (TPSA) is 74.3 Å². The van der Waals surface area contributed by atoms with E-state index in [4.69, 9.17) is 0 Å². The van der Waals surface area contributed by atoms with Crippen molar-refractivity contribution in [2.24, 2.45) is 0 Å². The number of anilines is 1. The van der Waals surface area contributed by atoms with E-state index in [-0.39, 0.29) is 6.04 Å². The van der Waals surface area contributed by atoms with E-state index in [2.05, 4.69) is 44.8 Å². The van der Waals surface area contributed by atoms with Gasteiger partial charge in [-0.1, -0.05) is 42.5 Å². The van der Waals surface area contributed by atoms with Crippen LogP contribution in [0.4, 0.5) is 5.69 Å². The average Bonchev–Trinajstić information content (AvgIpc) is 2.82. The Labute approximate surface area is 188 Å². The summed E-state index contributed by atoms with van der Waals surface area (Å²) in [6, 6.07) is 18.1. The maximum absolute atomic E-state index is 12.6. The standard InChI is InChI=1S/C26H28N4O2/c1-18-9-10-19(2)23(14-18)29-26(32)25(31)28-16-24(21-8-5-12-27-15-21)30-13-11-20-6-3-4-7-22(20)17-30/h3-10,12,14-15,24H,11,13,16-17H2,1-2H3,(H,28,31)(H,29,32). The van der Waals surface area contributed by atoms with Gasteiger partial charge in [-0.05, 0) is 60.2 Å². The van der Waals surface area contributed by atoms with Crippen LogP contribution in [0.2, 0.25) is 0 Å². The van der Waals surface area contributed by atoms with Crippen LogP contribution in [0.15, 0.2) is 67.0 Å². The molecule has 0 saturated carbocycles. The summed E-state index contributed by atoms with van der Waals surface area (Å²) in [6.45, 7) is 5.85. The highest BCUT2D eigenvalue weighted by molar-refractivity contribution is 6.39. The minimum atomic E-state index is -0.660. The Balaban J connectivity index is 1.45. The van der Waals surface area contributed by atoms with E-state index < -0.39 is 11.8 Å². The van der Waals surface area contributed by atoms with Crippen LogP contribution in [0.1, 0.15) is 33.9 Å². The van der Waals surface area contributed by atoms with Gasteiger partial charge in [-0.3, -0.25) is 19.5 Å². The van der Waals surface area contributed by atoms with E-state index >= 15 is 0 Å². The first-order valence-electron chi connectivity index (χ1n) is 10.9. The Morgan fingerprint density at radius 3 is 2.62 bits per heavy atom. The molecule has 2 amide bonds. The number of rotatable bonds is 5. The number of benzene rings is 2. The van der Waals surface area contributed by atoms with Crippen LogP contribution in [-0.4, -0.2) is 34.8 Å². The fourth-order valence-corrected chi connectivity index (χ4v) is 4.13. The van der Waals surface area contributed by atoms with E-state index in [9.17, 15) is 9.59 Å². The Bertz CT molecular complexity index is 1110. The molecule has 1 atom stereocenters. The summed E-state index contributed by atoms with van der Waals surface area (Å²) in [5.41, 5.74) is 6.27. The third-order valence-electron chi connectivity index (χ3n) is 5.97. The number of aryl methyl sites for hydroxylation is 2. The molecule has 0 spiro atoms. The van der Waals surface area contributed by atoms with E-state index in [1.165, 1.54) is 11.1 Å². The zero-order valence-corrected chi connectivity index (χ0v) is 18.5. The third-order valence-corrected chi connectivity index (χ3v) is 5.97. The van der Waals surface area contributed by atoms with Crippen molar-refractivity contribution >= 4 is 17.5 Å². The predicted molar refractivity (Wildman–Crippen MR) is 125 cm³/mol. The molecule has 1 aliphatic rings. The van der Waals surface area contributed by atoms with Gasteiger partial charge in [0.15, 0.2) is 0 Å². The van der Waals surface area contributed by atoms with Crippen molar-refractivity contribution in [2.45, 2.75) is 32.9 Å². The lowest BCUT2D eigenvalue weighted by Crippen LogP contribution is -2.43. The minimum absolute atomic E-state index is 0.0745. The molecule has 1 unspecified atom stereocenters. The molecule has 2 N–H and O–H groups in total. The van der Waals surface area contributed by atoms with Gasteiger partial charge >= 0.3 is 11.8 Å². The molecule has 6 heteroatoms. The fourth-order valence-electron chi connectivity index (χ4n) is 4.13. The molecule has 4 rings (SSSR count). The number of carbonyl (C=O) groups is 2. The fraction of sp³-hybridized carbons (Fsp3) is 0.269. The van der Waals surface area contributed by atoms with Crippen molar-refractivity contribution in [1.82, 2.24) is 15.2 Å². The summed E-state index contributed by atoms with van der Waals surface area (Å²) in [5.74, 6) is -1.30. The average molecular weight is 429 g/mol. The summed E-state index contributed by atoms with van der Waals surface area (Å²) < 4.78 is 0. The normalized spacial score (nSPS) is 14.3. The molecular weight excluding hydrogens is 400 g/mol. The highest BCUT2D eigenvalue weighted by Crippen LogP contribution is 2.27. The number of fused-ring (bicyclic) bond motifs is 1. The van der Waals surface area contributed by atoms with Gasteiger partial charge in [0.25, 0.3) is 0 Å². The summed E-state index contributed by atoms with van der Waals surface area (Å²) in [5, 5.41) is 5.57. The number of carbonyl (C=O) groups excluding carboxylic acids is 2. The molecule has 0 bridgehead atoms. The Hall–Kier alpha value is -3.51. The van der Waals surface area contributed by atoms with Gasteiger partial charge in [0, 0.05) is 37.7 Å². The molecule has 0 saturated heterocycles. The number of nitrogens with one attached hydrogen (secondary N) is 2. The largest absolute Gasteiger partial charge is 0.346 e. The van der Waals surface area contributed by atoms with Gasteiger partial charge in [-0.2, -0.15) is 0 Å². The van der Waals surface area contributed by atoms with Crippen molar-refractivity contribution in [3.8, 4) is 0 Å². The van der Waals surface area contributed by atoms with Gasteiger partial charge in [0.05, 0.1) is 6.04 Å². The number of amides is 2. The van der Waals surface area contributed by atoms with Gasteiger partial charge in [-0.25, -0.2) is 0 Å². The van der Waals surface area contributed by atoms with E-state index in [0.29, 0.717) is 12.2 Å². The second-order valence-electron chi connectivity index (χ2n) is 8.27. The molecule has 1 aromatic heterocycles. The molecule has 2 heterocycles. The lowest BCUT2D eigenvalue weighted by molar-refractivity contribution is -0.136. The molecule has 32 heavy (non-hydrogen) atoms. The van der Waals surface area contributed by atoms with Crippen molar-refractivity contribution in [1.29, 1.82) is 0 Å². The first kappa shape index (κ1) is 21.7. The van der Waals surface area contributed by atoms with Crippen LogP contribution in [0.3, 0.4) is 0 Å². The molecule has 1 aliphatic heterocycles. The molecule has 164 valence electrons. The molecule has 6 nitrogen and oxygen atoms in total. The maximum Gasteiger partial charge on any atom is 0.313 e. The van der Waals surface area contributed by atoms with Crippen LogP contribution >= 0.6 is 0 Å². The molecule has 3 aromatic rings. The highest BCUT2D eigenvalue weighted by atomic mass is 16.2. The minimum Gasteiger partial charge on any atom is -0.346 e. The SMILES string of the molecule is Cc1ccc(C)c(NC(=O)C(=O)NCC(c2cccnc2)N2CCc3ccccc3C2)c1. The first-order chi connectivity index (χ1) is 15.5. The highest BCUT2D eigenvalue weighted by Gasteiger charge is 2.26. The molecule has 0 aliphatic carbocycles. The summed E-state index contributed by atoms with van der Waals surface area (Å²) in [4.78, 5) is 31.7. The molecular formula is C26H28N4O2. The Morgan fingerprint density at radius 2 is 1.84 bits per heavy atom. The van der Waals surface area contributed by atoms with Crippen molar-refractivity contribution < 1.29 is 9.59 Å². The van der Waals surface area contributed by atoms with Crippen molar-refractivity contribution in [3.05, 3.63) is 94.8 Å². The van der Waals surface area contributed by atoms with Gasteiger partial charge in [0.2, 0.25) is 0 Å². The number of hydrogen-bond donors (Lipinski definition) is 2. The van der Waals surface area contributed by atoms with Crippen LogP contribution in [0.25, 0.3) is 0 Å². The zero-order chi connectivity index (χ0) is 22.5. The van der Waals surface area contributed by atoms with Crippen LogP contribution in [-0.2, 0) is 22.6 Å². The number of pyridine rings is 1. The number of nitrogens with zero attached hydrogens (tertiary/aromatic N) is 2. The van der Waals surface area contributed by atoms with Crippen LogP contribution < -0.4 is 10.6 Å². The zero-order valence-electron chi connectivity index (χ0n) is 18.5. The van der Waals surface area contributed by atoms with Crippen molar-refractivity contribution in [2.75, 3.05) is 18.4 Å². The van der Waals surface area contributed by atoms with E-state index in [1.54, 1.807) is 6.20 Å². The van der Waals surface area contributed by atoms with Crippen molar-refractivity contribution in [3.63, 3.8) is 0 Å². The van der Waals surface area contributed by atoms with Crippen LogP contribution in [0, 0.1) is 13.8 Å². The predicted octanol–water partition coefficient (Wildman–Crippen LogP) is 3.55. The lowest BCUT2D eigenvalue weighted by Gasteiger charge is -2.35. The van der Waals surface area contributed by atoms with Crippen LogP contribution in [0.5, 0.6) is 0 Å². The van der Waals surface area contributed by atoms with Gasteiger partial charge in [0.1, 0.15) is 0 Å². The second-order valence-corrected chi connectivity index (χ2v) is 8.27. The smallest absolute Gasteiger partial charge is 0.313 e.